The van der Waals surface area contributed by atoms with E-state index in [1.807, 2.05) is 13.0 Å². The third-order valence-corrected chi connectivity index (χ3v) is 6.52. The molecule has 0 aromatic carbocycles. The molecule has 0 atom stereocenters. The van der Waals surface area contributed by atoms with Crippen LogP contribution in [0.1, 0.15) is 37.2 Å². The molecule has 0 N–H and O–H groups in total. The fraction of sp³-hybridized carbons (Fsp3) is 0.364. The number of imidazole rings is 1. The van der Waals surface area contributed by atoms with Crippen molar-refractivity contribution in [1.29, 1.82) is 0 Å². The summed E-state index contributed by atoms with van der Waals surface area (Å²) in [5, 5.41) is 6.72. The molecule has 13 heteroatoms. The highest BCUT2D eigenvalue weighted by atomic mass is 32.2. The molecule has 0 amide bonds. The number of rotatable bonds is 6. The molecular formula is C22H18F5N7S. The molecule has 7 nitrogen and oxygen atoms in total. The van der Waals surface area contributed by atoms with Gasteiger partial charge in [-0.1, -0.05) is 6.92 Å². The first-order chi connectivity index (χ1) is 16.6. The van der Waals surface area contributed by atoms with Crippen molar-refractivity contribution in [2.24, 2.45) is 7.05 Å². The molecule has 4 heterocycles. The molecule has 182 valence electrons. The molecule has 1 saturated carbocycles. The summed E-state index contributed by atoms with van der Waals surface area (Å²) >= 11 is 1.49. The van der Waals surface area contributed by atoms with Crippen LogP contribution in [0.25, 0.3) is 33.8 Å². The summed E-state index contributed by atoms with van der Waals surface area (Å²) in [7, 11) is 1.57. The largest absolute Gasteiger partial charge is 0.459 e. The van der Waals surface area contributed by atoms with E-state index in [9.17, 15) is 22.0 Å². The van der Waals surface area contributed by atoms with Gasteiger partial charge in [0, 0.05) is 47.6 Å². The number of fused-ring (bicyclic) bond motifs is 1. The van der Waals surface area contributed by atoms with Crippen molar-refractivity contribution in [2.45, 2.75) is 42.7 Å². The predicted molar refractivity (Wildman–Crippen MR) is 119 cm³/mol. The van der Waals surface area contributed by atoms with Crippen LogP contribution in [0.5, 0.6) is 0 Å². The molecule has 1 aliphatic carbocycles. The quantitative estimate of drug-likeness (QED) is 0.251. The van der Waals surface area contributed by atoms with E-state index in [1.165, 1.54) is 16.3 Å². The zero-order valence-electron chi connectivity index (χ0n) is 18.5. The van der Waals surface area contributed by atoms with Gasteiger partial charge in [-0.25, -0.2) is 15.0 Å². The Morgan fingerprint density at radius 1 is 0.971 bits per heavy atom. The lowest BCUT2D eigenvalue weighted by Gasteiger charge is -2.17. The number of thioether (sulfide) groups is 1. The topological polar surface area (TPSA) is 82.3 Å². The van der Waals surface area contributed by atoms with Gasteiger partial charge in [-0.15, -0.1) is 22.0 Å². The predicted octanol–water partition coefficient (Wildman–Crippen LogP) is 5.53. The molecule has 0 unspecified atom stereocenters. The first kappa shape index (κ1) is 23.5. The molecule has 4 aromatic heterocycles. The molecule has 0 spiro atoms. The van der Waals surface area contributed by atoms with Gasteiger partial charge in [-0.2, -0.15) is 22.0 Å². The van der Waals surface area contributed by atoms with Crippen molar-refractivity contribution in [1.82, 2.24) is 34.7 Å². The average molecular weight is 507 g/mol. The van der Waals surface area contributed by atoms with Gasteiger partial charge >= 0.3 is 12.1 Å². The number of aromatic nitrogens is 7. The van der Waals surface area contributed by atoms with Crippen LogP contribution in [0.4, 0.5) is 22.0 Å². The van der Waals surface area contributed by atoms with Crippen LogP contribution in [-0.4, -0.2) is 46.6 Å². The van der Waals surface area contributed by atoms with Crippen molar-refractivity contribution in [3.63, 3.8) is 0 Å². The number of hydrogen-bond acceptors (Lipinski definition) is 7. The van der Waals surface area contributed by atoms with E-state index in [-0.39, 0.29) is 17.0 Å². The van der Waals surface area contributed by atoms with Crippen LogP contribution in [0.3, 0.4) is 0 Å². The van der Waals surface area contributed by atoms with Crippen LogP contribution in [0.2, 0.25) is 0 Å². The monoisotopic (exact) mass is 507 g/mol. The third-order valence-electron chi connectivity index (χ3n) is 5.61. The minimum Gasteiger partial charge on any atom is -0.309 e. The van der Waals surface area contributed by atoms with Crippen LogP contribution in [-0.2, 0) is 13.0 Å². The molecule has 5 rings (SSSR count). The molecule has 0 radical (unpaired) electrons. The molecule has 0 bridgehead atoms. The summed E-state index contributed by atoms with van der Waals surface area (Å²) in [6.45, 7) is 1.96. The Morgan fingerprint density at radius 3 is 2.29 bits per heavy atom. The van der Waals surface area contributed by atoms with Crippen molar-refractivity contribution >= 4 is 22.9 Å². The average Bonchev–Trinajstić information content (AvgIpc) is 3.62. The molecule has 35 heavy (non-hydrogen) atoms. The van der Waals surface area contributed by atoms with Crippen molar-refractivity contribution in [3.8, 4) is 22.6 Å². The lowest BCUT2D eigenvalue weighted by molar-refractivity contribution is -0.291. The number of aryl methyl sites for hydroxylation is 1. The minimum absolute atomic E-state index is 0.0594. The van der Waals surface area contributed by atoms with Crippen molar-refractivity contribution in [3.05, 3.63) is 42.2 Å². The van der Waals surface area contributed by atoms with E-state index >= 15 is 0 Å². The Hall–Kier alpha value is -3.22. The first-order valence-electron chi connectivity index (χ1n) is 10.7. The lowest BCUT2D eigenvalue weighted by atomic mass is 10.1. The van der Waals surface area contributed by atoms with E-state index in [1.54, 1.807) is 25.6 Å². The van der Waals surface area contributed by atoms with Crippen LogP contribution < -0.4 is 0 Å². The fourth-order valence-electron chi connectivity index (χ4n) is 3.57. The Kier molecular flexibility index (Phi) is 5.69. The Labute approximate surface area is 200 Å². The molecule has 1 fully saturated rings. The fourth-order valence-corrected chi connectivity index (χ4v) is 4.37. The van der Waals surface area contributed by atoms with Crippen LogP contribution in [0, 0.1) is 0 Å². The highest BCUT2D eigenvalue weighted by molar-refractivity contribution is 7.99. The summed E-state index contributed by atoms with van der Waals surface area (Å²) in [4.78, 5) is 18.5. The smallest absolute Gasteiger partial charge is 0.309 e. The van der Waals surface area contributed by atoms with E-state index in [2.05, 4.69) is 30.1 Å². The third kappa shape index (κ3) is 4.21. The standard InChI is InChI=1S/C22H18F5N7S/c1-3-35-15-6-12(13-9-29-18(30-10-13)11-4-5-11)8-28-17(15)20-31-14-7-16(21(23,24)22(25,26)27)32-33-19(14)34(20)2/h6-11H,3-5H2,1-2H3. The zero-order valence-corrected chi connectivity index (χ0v) is 19.3. The Balaban J connectivity index is 1.55. The molecule has 0 saturated heterocycles. The second-order valence-electron chi connectivity index (χ2n) is 8.11. The van der Waals surface area contributed by atoms with E-state index in [0.717, 1.165) is 34.7 Å². The number of nitrogens with zero attached hydrogens (tertiary/aromatic N) is 7. The number of alkyl halides is 5. The van der Waals surface area contributed by atoms with Gasteiger partial charge in [0.2, 0.25) is 0 Å². The van der Waals surface area contributed by atoms with E-state index < -0.39 is 17.8 Å². The maximum absolute atomic E-state index is 13.8. The second kappa shape index (κ2) is 8.47. The molecule has 0 aliphatic heterocycles. The lowest BCUT2D eigenvalue weighted by Crippen LogP contribution is -2.34. The highest BCUT2D eigenvalue weighted by Crippen LogP contribution is 2.43. The maximum Gasteiger partial charge on any atom is 0.459 e. The van der Waals surface area contributed by atoms with Crippen molar-refractivity contribution < 1.29 is 22.0 Å². The maximum atomic E-state index is 13.8. The number of pyridine rings is 1. The SMILES string of the molecule is CCSc1cc(-c2cnc(C3CC3)nc2)cnc1-c1nc2cc(C(F)(F)C(F)(F)F)nnc2n1C. The summed E-state index contributed by atoms with van der Waals surface area (Å²) in [6, 6.07) is 2.51. The number of halogens is 5. The van der Waals surface area contributed by atoms with E-state index in [0.29, 0.717) is 23.4 Å². The van der Waals surface area contributed by atoms with Gasteiger partial charge in [0.15, 0.2) is 11.5 Å². The molecular weight excluding hydrogens is 489 g/mol. The Bertz CT molecular complexity index is 1400. The highest BCUT2D eigenvalue weighted by Gasteiger charge is 2.60. The summed E-state index contributed by atoms with van der Waals surface area (Å²) in [5.74, 6) is -2.90. The second-order valence-corrected chi connectivity index (χ2v) is 9.42. The summed E-state index contributed by atoms with van der Waals surface area (Å²) in [6.07, 6.45) is 1.54. The van der Waals surface area contributed by atoms with Crippen LogP contribution >= 0.6 is 11.8 Å². The van der Waals surface area contributed by atoms with Crippen LogP contribution in [0.15, 0.2) is 35.6 Å². The number of hydrogen-bond donors (Lipinski definition) is 0. The van der Waals surface area contributed by atoms with E-state index in [4.69, 9.17) is 0 Å². The van der Waals surface area contributed by atoms with Gasteiger partial charge in [0.25, 0.3) is 0 Å². The van der Waals surface area contributed by atoms with Gasteiger partial charge in [0.1, 0.15) is 22.7 Å². The molecule has 4 aromatic rings. The minimum atomic E-state index is -5.80. The van der Waals surface area contributed by atoms with Crippen molar-refractivity contribution in [2.75, 3.05) is 5.75 Å². The Morgan fingerprint density at radius 2 is 1.66 bits per heavy atom. The van der Waals surface area contributed by atoms with Gasteiger partial charge in [-0.05, 0) is 30.7 Å². The van der Waals surface area contributed by atoms with Gasteiger partial charge in [-0.3, -0.25) is 4.98 Å². The zero-order chi connectivity index (χ0) is 25.0. The molecule has 1 aliphatic rings. The van der Waals surface area contributed by atoms with Gasteiger partial charge < -0.3 is 4.57 Å². The first-order valence-corrected chi connectivity index (χ1v) is 11.7. The summed E-state index contributed by atoms with van der Waals surface area (Å²) < 4.78 is 67.4. The summed E-state index contributed by atoms with van der Waals surface area (Å²) in [5.41, 5.74) is 0.436. The normalized spacial score (nSPS) is 14.6. The van der Waals surface area contributed by atoms with Gasteiger partial charge in [0.05, 0.1) is 0 Å².